The Kier molecular flexibility index (Phi) is 4.40. The average molecular weight is 404 g/mol. The number of anilines is 1. The van der Waals surface area contributed by atoms with Gasteiger partial charge in [-0.2, -0.15) is 0 Å². The van der Waals surface area contributed by atoms with Crippen LogP contribution in [0.5, 0.6) is 0 Å². The van der Waals surface area contributed by atoms with E-state index in [1.54, 1.807) is 0 Å². The lowest BCUT2D eigenvalue weighted by Crippen LogP contribution is -2.67. The number of rotatable bonds is 4. The first-order chi connectivity index (χ1) is 14.0. The number of aldehydes is 1. The van der Waals surface area contributed by atoms with Crippen molar-refractivity contribution in [1.82, 2.24) is 15.5 Å². The topological polar surface area (TPSA) is 81.8 Å². The maximum Gasteiger partial charge on any atom is 0.257 e. The average Bonchev–Trinajstić information content (AvgIpc) is 3.08. The zero-order valence-electron chi connectivity index (χ0n) is 15.8. The molecule has 0 saturated carbocycles. The number of piperazine rings is 1. The van der Waals surface area contributed by atoms with Crippen molar-refractivity contribution in [3.63, 3.8) is 0 Å². The van der Waals surface area contributed by atoms with E-state index in [0.29, 0.717) is 50.8 Å². The third kappa shape index (κ3) is 2.95. The summed E-state index contributed by atoms with van der Waals surface area (Å²) in [5, 5.41) is 6.33. The number of piperidine rings is 2. The molecule has 154 valence electrons. The highest BCUT2D eigenvalue weighted by Gasteiger charge is 2.42. The van der Waals surface area contributed by atoms with Crippen LogP contribution in [-0.4, -0.2) is 66.7 Å². The minimum Gasteiger partial charge on any atom is -0.366 e. The van der Waals surface area contributed by atoms with Crippen molar-refractivity contribution in [2.45, 2.75) is 50.0 Å². The molecule has 1 amide bonds. The van der Waals surface area contributed by atoms with E-state index in [2.05, 4.69) is 10.6 Å². The molecule has 9 heteroatoms. The van der Waals surface area contributed by atoms with Gasteiger partial charge in [0.2, 0.25) is 5.78 Å². The van der Waals surface area contributed by atoms with Crippen molar-refractivity contribution < 1.29 is 23.2 Å². The first kappa shape index (κ1) is 18.6. The number of halogens is 2. The largest absolute Gasteiger partial charge is 0.366 e. The minimum atomic E-state index is -0.686. The van der Waals surface area contributed by atoms with Gasteiger partial charge in [-0.05, 0) is 19.3 Å². The van der Waals surface area contributed by atoms with Crippen molar-refractivity contribution in [2.75, 3.05) is 24.5 Å². The lowest BCUT2D eigenvalue weighted by molar-refractivity contribution is -0.131. The van der Waals surface area contributed by atoms with E-state index in [9.17, 15) is 18.8 Å². The third-order valence-electron chi connectivity index (χ3n) is 6.65. The van der Waals surface area contributed by atoms with Crippen molar-refractivity contribution in [3.8, 4) is 0 Å². The zero-order chi connectivity index (χ0) is 20.3. The summed E-state index contributed by atoms with van der Waals surface area (Å²) in [5.74, 6) is -2.24. The smallest absolute Gasteiger partial charge is 0.257 e. The Morgan fingerprint density at radius 2 is 1.93 bits per heavy atom. The van der Waals surface area contributed by atoms with E-state index in [0.717, 1.165) is 12.5 Å². The van der Waals surface area contributed by atoms with Crippen molar-refractivity contribution in [1.29, 1.82) is 0 Å². The standard InChI is InChI=1S/C20H22F2N4O3/c21-14-4-16(25-6-10-3-11(7-25)24-10)19(22)13-8-26(20(29)18(13)14)12-1-2-15(23-5-12)17(28)9-27/h4,9-12,15,23-24H,1-3,5-8H2. The maximum atomic E-state index is 15.3. The predicted octanol–water partition coefficient (Wildman–Crippen LogP) is 0.360. The van der Waals surface area contributed by atoms with Gasteiger partial charge in [0, 0.05) is 49.4 Å². The van der Waals surface area contributed by atoms with Crippen molar-refractivity contribution >= 4 is 23.7 Å². The second-order valence-corrected chi connectivity index (χ2v) is 8.39. The summed E-state index contributed by atoms with van der Waals surface area (Å²) in [4.78, 5) is 38.3. The molecule has 0 aliphatic carbocycles. The minimum absolute atomic E-state index is 0.0162. The zero-order valence-corrected chi connectivity index (χ0v) is 15.8. The Morgan fingerprint density at radius 3 is 2.55 bits per heavy atom. The van der Waals surface area contributed by atoms with Crippen molar-refractivity contribution in [2.24, 2.45) is 0 Å². The van der Waals surface area contributed by atoms with Gasteiger partial charge in [0.05, 0.1) is 23.8 Å². The molecule has 29 heavy (non-hydrogen) atoms. The molecule has 4 unspecified atom stereocenters. The van der Waals surface area contributed by atoms with Gasteiger partial charge in [-0.1, -0.05) is 0 Å². The van der Waals surface area contributed by atoms with Gasteiger partial charge in [-0.3, -0.25) is 14.4 Å². The Morgan fingerprint density at radius 1 is 1.21 bits per heavy atom. The Labute approximate surface area is 166 Å². The normalized spacial score (nSPS) is 30.8. The Hall–Kier alpha value is -2.39. The van der Waals surface area contributed by atoms with Gasteiger partial charge in [-0.15, -0.1) is 0 Å². The van der Waals surface area contributed by atoms with E-state index in [-0.39, 0.29) is 29.4 Å². The fourth-order valence-electron chi connectivity index (χ4n) is 5.10. The van der Waals surface area contributed by atoms with Crippen LogP contribution in [-0.2, 0) is 16.1 Å². The number of Topliss-reactive ketones (excluding diaryl/α,β-unsaturated/α-hetero) is 1. The summed E-state index contributed by atoms with van der Waals surface area (Å²) in [6, 6.07) is 0.927. The SMILES string of the molecule is O=CC(=O)C1CCC(N2Cc3c(F)c(N4CC5CC(C4)N5)cc(F)c3C2=O)CN1. The lowest BCUT2D eigenvalue weighted by Gasteiger charge is -2.49. The van der Waals surface area contributed by atoms with Crippen LogP contribution in [0.2, 0.25) is 0 Å². The van der Waals surface area contributed by atoms with Gasteiger partial charge in [0.1, 0.15) is 5.82 Å². The van der Waals surface area contributed by atoms with E-state index in [4.69, 9.17) is 0 Å². The first-order valence-electron chi connectivity index (χ1n) is 10.0. The van der Waals surface area contributed by atoms with Gasteiger partial charge < -0.3 is 20.4 Å². The number of nitrogens with zero attached hydrogens (tertiary/aromatic N) is 2. The molecule has 1 aromatic carbocycles. The number of ketones is 1. The quantitative estimate of drug-likeness (QED) is 0.557. The van der Waals surface area contributed by atoms with Crippen LogP contribution in [0.1, 0.15) is 35.2 Å². The van der Waals surface area contributed by atoms with Gasteiger partial charge in [0.25, 0.3) is 5.91 Å². The summed E-state index contributed by atoms with van der Waals surface area (Å²) in [6.07, 6.45) is 2.25. The first-order valence-corrected chi connectivity index (χ1v) is 10.0. The number of hydrogen-bond acceptors (Lipinski definition) is 6. The monoisotopic (exact) mass is 404 g/mol. The predicted molar refractivity (Wildman–Crippen MR) is 99.7 cm³/mol. The number of carbonyl (C=O) groups excluding carboxylic acids is 3. The Bertz CT molecular complexity index is 884. The van der Waals surface area contributed by atoms with E-state index in [1.165, 1.54) is 4.90 Å². The van der Waals surface area contributed by atoms with Crippen LogP contribution in [0.15, 0.2) is 6.07 Å². The van der Waals surface area contributed by atoms with Crippen LogP contribution in [0.3, 0.4) is 0 Å². The van der Waals surface area contributed by atoms with Crippen LogP contribution < -0.4 is 15.5 Å². The molecule has 2 N–H and O–H groups in total. The molecule has 0 aromatic heterocycles. The number of amides is 1. The molecule has 0 spiro atoms. The number of fused-ring (bicyclic) bond motifs is 3. The molecule has 4 atom stereocenters. The fourth-order valence-corrected chi connectivity index (χ4v) is 5.10. The summed E-state index contributed by atoms with van der Waals surface area (Å²) >= 11 is 0. The number of benzene rings is 1. The van der Waals surface area contributed by atoms with Gasteiger partial charge in [-0.25, -0.2) is 8.78 Å². The Balaban J connectivity index is 1.37. The lowest BCUT2D eigenvalue weighted by atomic mass is 9.90. The van der Waals surface area contributed by atoms with E-state index >= 15 is 4.39 Å². The molecule has 5 aliphatic rings. The van der Waals surface area contributed by atoms with Crippen molar-refractivity contribution in [3.05, 3.63) is 28.8 Å². The summed E-state index contributed by atoms with van der Waals surface area (Å²) in [6.45, 7) is 1.58. The second kappa shape index (κ2) is 6.84. The van der Waals surface area contributed by atoms with E-state index < -0.39 is 29.4 Å². The number of hydrogen-bond donors (Lipinski definition) is 2. The molecule has 7 nitrogen and oxygen atoms in total. The van der Waals surface area contributed by atoms with Crippen LogP contribution in [0, 0.1) is 11.6 Å². The fraction of sp³-hybridized carbons (Fsp3) is 0.550. The highest BCUT2D eigenvalue weighted by atomic mass is 19.1. The summed E-state index contributed by atoms with van der Waals surface area (Å²) in [7, 11) is 0. The van der Waals surface area contributed by atoms with Gasteiger partial charge >= 0.3 is 0 Å². The summed E-state index contributed by atoms with van der Waals surface area (Å²) < 4.78 is 30.1. The molecule has 5 heterocycles. The molecule has 0 radical (unpaired) electrons. The molecule has 4 fully saturated rings. The molecule has 4 saturated heterocycles. The molecule has 2 bridgehead atoms. The maximum absolute atomic E-state index is 15.3. The van der Waals surface area contributed by atoms with Gasteiger partial charge in [0.15, 0.2) is 12.1 Å². The van der Waals surface area contributed by atoms with Crippen LogP contribution in [0.4, 0.5) is 14.5 Å². The number of carbonyl (C=O) groups is 3. The highest BCUT2D eigenvalue weighted by molar-refractivity contribution is 6.27. The second-order valence-electron chi connectivity index (χ2n) is 8.39. The molecule has 1 aromatic rings. The van der Waals surface area contributed by atoms with Crippen LogP contribution >= 0.6 is 0 Å². The van der Waals surface area contributed by atoms with Crippen LogP contribution in [0.25, 0.3) is 0 Å². The molecule has 5 aliphatic heterocycles. The van der Waals surface area contributed by atoms with E-state index in [1.807, 2.05) is 4.90 Å². The molecule has 6 rings (SSSR count). The summed E-state index contributed by atoms with van der Waals surface area (Å²) in [5.41, 5.74) is 0.159. The highest BCUT2D eigenvalue weighted by Crippen LogP contribution is 2.37. The third-order valence-corrected chi connectivity index (χ3v) is 6.65. The molecular formula is C20H22F2N4O3. The number of nitrogens with one attached hydrogen (secondary N) is 2. The molecular weight excluding hydrogens is 382 g/mol.